The number of carbonyl (C=O) groups excluding carboxylic acids is 2. The third kappa shape index (κ3) is 4.84. The van der Waals surface area contributed by atoms with E-state index in [9.17, 15) is 31.2 Å². The first-order valence-electron chi connectivity index (χ1n) is 12.9. The van der Waals surface area contributed by atoms with Gasteiger partial charge in [-0.05, 0) is 32.0 Å². The van der Waals surface area contributed by atoms with Gasteiger partial charge >= 0.3 is 6.18 Å². The number of alkyl halides is 3. The van der Waals surface area contributed by atoms with Crippen molar-refractivity contribution in [3.05, 3.63) is 29.3 Å². The summed E-state index contributed by atoms with van der Waals surface area (Å²) in [6.07, 6.45) is -5.40. The third-order valence-corrected chi connectivity index (χ3v) is 10.2. The molecule has 10 nitrogen and oxygen atoms in total. The molecule has 4 aliphatic heterocycles. The van der Waals surface area contributed by atoms with Gasteiger partial charge in [0.15, 0.2) is 0 Å². The van der Waals surface area contributed by atoms with Crippen LogP contribution in [0, 0.1) is 23.2 Å². The number of rotatable bonds is 6. The van der Waals surface area contributed by atoms with Crippen molar-refractivity contribution >= 4 is 27.5 Å². The van der Waals surface area contributed by atoms with Crippen LogP contribution in [0.5, 0.6) is 0 Å². The summed E-state index contributed by atoms with van der Waals surface area (Å²) in [6.45, 7) is 7.62. The number of piperazine rings is 1. The molecule has 4 atom stereocenters. The minimum Gasteiger partial charge on any atom is -0.368 e. The maximum atomic E-state index is 13.5. The van der Waals surface area contributed by atoms with E-state index in [-0.39, 0.29) is 11.4 Å². The van der Waals surface area contributed by atoms with Crippen LogP contribution in [-0.2, 0) is 30.5 Å². The predicted molar refractivity (Wildman–Crippen MR) is 133 cm³/mol. The molecule has 0 spiro atoms. The molecule has 14 heteroatoms. The SMILES string of the molecule is CCS(=O)(=O)N1CCN(CCN2C[C@H]3O[C@](C)(C2)[C@@H]2C(=O)N(c4ccc(C#N)c(C(F)(F)F)c4)C(=O)[C@@H]23)CC1. The van der Waals surface area contributed by atoms with Gasteiger partial charge in [-0.1, -0.05) is 0 Å². The number of ether oxygens (including phenoxy) is 1. The van der Waals surface area contributed by atoms with E-state index >= 15 is 0 Å². The zero-order valence-corrected chi connectivity index (χ0v) is 22.5. The Morgan fingerprint density at radius 3 is 2.38 bits per heavy atom. The number of nitrogens with zero attached hydrogens (tertiary/aromatic N) is 5. The molecule has 2 bridgehead atoms. The van der Waals surface area contributed by atoms with Crippen molar-refractivity contribution in [2.75, 3.05) is 63.0 Å². The first-order chi connectivity index (χ1) is 18.3. The summed E-state index contributed by atoms with van der Waals surface area (Å²) in [5.74, 6) is -2.74. The smallest absolute Gasteiger partial charge is 0.368 e. The molecule has 39 heavy (non-hydrogen) atoms. The van der Waals surface area contributed by atoms with Crippen LogP contribution in [0.25, 0.3) is 0 Å². The lowest BCUT2D eigenvalue weighted by molar-refractivity contribution is -0.141. The number of anilines is 1. The lowest BCUT2D eigenvalue weighted by Crippen LogP contribution is -2.56. The van der Waals surface area contributed by atoms with E-state index in [0.29, 0.717) is 58.4 Å². The van der Waals surface area contributed by atoms with E-state index < -0.39 is 62.7 Å². The molecule has 0 radical (unpaired) electrons. The van der Waals surface area contributed by atoms with Crippen LogP contribution in [0.2, 0.25) is 0 Å². The quantitative estimate of drug-likeness (QED) is 0.469. The predicted octanol–water partition coefficient (Wildman–Crippen LogP) is 1.12. The summed E-state index contributed by atoms with van der Waals surface area (Å²) in [6, 6.07) is 4.37. The van der Waals surface area contributed by atoms with Crippen LogP contribution in [0.3, 0.4) is 0 Å². The molecule has 0 aliphatic carbocycles. The van der Waals surface area contributed by atoms with Crippen molar-refractivity contribution < 1.29 is 35.9 Å². The molecule has 0 saturated carbocycles. The summed E-state index contributed by atoms with van der Waals surface area (Å²) in [4.78, 5) is 32.1. The number of sulfonamides is 1. The van der Waals surface area contributed by atoms with Crippen LogP contribution in [-0.4, -0.2) is 104 Å². The Kier molecular flexibility index (Phi) is 7.04. The van der Waals surface area contributed by atoms with Gasteiger partial charge in [0.2, 0.25) is 21.8 Å². The summed E-state index contributed by atoms with van der Waals surface area (Å²) in [5, 5.41) is 9.07. The van der Waals surface area contributed by atoms with E-state index in [2.05, 4.69) is 9.80 Å². The Labute approximate surface area is 224 Å². The van der Waals surface area contributed by atoms with Gasteiger partial charge in [0.25, 0.3) is 0 Å². The standard InChI is InChI=1S/C25H30F3N5O5S/c1-3-39(36,37)32-10-8-30(9-11-32)6-7-31-14-19-20-21(24(2,15-31)38-19)23(35)33(22(20)34)17-5-4-16(13-29)18(12-17)25(26,27)28/h4-5,12,19-21H,3,6-11,14-15H2,1-2H3/t19-,20-,21+,24-/m1/s1. The summed E-state index contributed by atoms with van der Waals surface area (Å²) in [7, 11) is -3.21. The molecular weight excluding hydrogens is 539 g/mol. The number of nitriles is 1. The summed E-state index contributed by atoms with van der Waals surface area (Å²) < 4.78 is 72.4. The Morgan fingerprint density at radius 2 is 1.77 bits per heavy atom. The number of hydrogen-bond acceptors (Lipinski definition) is 8. The van der Waals surface area contributed by atoms with Crippen molar-refractivity contribution in [1.82, 2.24) is 14.1 Å². The van der Waals surface area contributed by atoms with E-state index in [1.165, 1.54) is 16.4 Å². The molecule has 0 N–H and O–H groups in total. The zero-order chi connectivity index (χ0) is 28.3. The van der Waals surface area contributed by atoms with E-state index in [0.717, 1.165) is 11.0 Å². The lowest BCUT2D eigenvalue weighted by Gasteiger charge is -2.41. The van der Waals surface area contributed by atoms with Crippen molar-refractivity contribution in [3.63, 3.8) is 0 Å². The Hall–Kier alpha value is -2.57. The third-order valence-electron chi connectivity index (χ3n) is 8.31. The minimum atomic E-state index is -4.81. The van der Waals surface area contributed by atoms with Crippen molar-refractivity contribution in [3.8, 4) is 6.07 Å². The average Bonchev–Trinajstić information content (AvgIpc) is 3.29. The number of halogens is 3. The van der Waals surface area contributed by atoms with Crippen LogP contribution in [0.4, 0.5) is 18.9 Å². The largest absolute Gasteiger partial charge is 0.417 e. The van der Waals surface area contributed by atoms with Gasteiger partial charge in [0.05, 0.1) is 52.2 Å². The van der Waals surface area contributed by atoms with Crippen LogP contribution in [0.15, 0.2) is 18.2 Å². The van der Waals surface area contributed by atoms with Gasteiger partial charge in [0, 0.05) is 52.4 Å². The number of benzene rings is 1. The van der Waals surface area contributed by atoms with E-state index in [1.807, 2.05) is 0 Å². The molecule has 1 aromatic carbocycles. The van der Waals surface area contributed by atoms with Gasteiger partial charge in [-0.2, -0.15) is 22.7 Å². The number of carbonyl (C=O) groups is 2. The van der Waals surface area contributed by atoms with Crippen LogP contribution >= 0.6 is 0 Å². The van der Waals surface area contributed by atoms with Gasteiger partial charge in [-0.25, -0.2) is 13.3 Å². The fraction of sp³-hybridized carbons (Fsp3) is 0.640. The Balaban J connectivity index is 1.27. The Morgan fingerprint density at radius 1 is 1.10 bits per heavy atom. The average molecular weight is 570 g/mol. The zero-order valence-electron chi connectivity index (χ0n) is 21.6. The second-order valence-electron chi connectivity index (χ2n) is 10.7. The molecule has 0 unspecified atom stereocenters. The highest BCUT2D eigenvalue weighted by Gasteiger charge is 2.67. The molecule has 1 aromatic rings. The number of fused-ring (bicyclic) bond motifs is 5. The van der Waals surface area contributed by atoms with Crippen LogP contribution in [0.1, 0.15) is 25.0 Å². The van der Waals surface area contributed by atoms with E-state index in [4.69, 9.17) is 10.00 Å². The monoisotopic (exact) mass is 569 g/mol. The maximum Gasteiger partial charge on any atom is 0.417 e. The molecule has 4 heterocycles. The molecular formula is C25H30F3N5O5S. The van der Waals surface area contributed by atoms with Gasteiger partial charge in [0.1, 0.15) is 0 Å². The van der Waals surface area contributed by atoms with Crippen LogP contribution < -0.4 is 4.90 Å². The minimum absolute atomic E-state index is 0.0760. The highest BCUT2D eigenvalue weighted by atomic mass is 32.2. The number of hydrogen-bond donors (Lipinski definition) is 0. The first kappa shape index (κ1) is 28.0. The van der Waals surface area contributed by atoms with E-state index in [1.54, 1.807) is 13.8 Å². The van der Waals surface area contributed by atoms with Crippen molar-refractivity contribution in [1.29, 1.82) is 5.26 Å². The molecule has 0 aromatic heterocycles. The molecule has 4 saturated heterocycles. The fourth-order valence-corrected chi connectivity index (χ4v) is 7.46. The van der Waals surface area contributed by atoms with Gasteiger partial charge < -0.3 is 4.74 Å². The highest BCUT2D eigenvalue weighted by molar-refractivity contribution is 7.89. The van der Waals surface area contributed by atoms with Gasteiger partial charge in [-0.3, -0.25) is 19.4 Å². The summed E-state index contributed by atoms with van der Waals surface area (Å²) >= 11 is 0. The second-order valence-corrected chi connectivity index (χ2v) is 13.0. The molecule has 2 amide bonds. The van der Waals surface area contributed by atoms with Gasteiger partial charge in [-0.15, -0.1) is 0 Å². The maximum absolute atomic E-state index is 13.5. The van der Waals surface area contributed by atoms with Crippen molar-refractivity contribution in [2.24, 2.45) is 11.8 Å². The number of amides is 2. The summed E-state index contributed by atoms with van der Waals surface area (Å²) in [5.41, 5.74) is -2.96. The normalized spacial score (nSPS) is 30.6. The first-order valence-corrected chi connectivity index (χ1v) is 14.5. The lowest BCUT2D eigenvalue weighted by atomic mass is 9.83. The second kappa shape index (κ2) is 9.81. The van der Waals surface area contributed by atoms with Crippen molar-refractivity contribution in [2.45, 2.75) is 31.7 Å². The molecule has 212 valence electrons. The number of morpholine rings is 1. The topological polar surface area (TPSA) is 114 Å². The highest BCUT2D eigenvalue weighted by Crippen LogP contribution is 2.50. The Bertz CT molecular complexity index is 1320. The molecule has 4 fully saturated rings. The fourth-order valence-electron chi connectivity index (χ4n) is 6.37. The molecule has 5 rings (SSSR count). The number of imide groups is 1. The molecule has 4 aliphatic rings. The number of likely N-dealkylation sites (tertiary alicyclic amines) is 1.